The van der Waals surface area contributed by atoms with Crippen LogP contribution in [-0.2, 0) is 18.3 Å². The number of hydrogen-bond donors (Lipinski definition) is 3. The minimum Gasteiger partial charge on any atom is -0.394 e. The van der Waals surface area contributed by atoms with Crippen molar-refractivity contribution in [2.45, 2.75) is 24.5 Å². The van der Waals surface area contributed by atoms with Gasteiger partial charge in [-0.05, 0) is 6.07 Å². The SMILES string of the molecule is Nc1ccn([C@H]2O[C@@H](CO)[C@H]3OP(=O)(O)O[C@@H]32)c(=O)n1. The van der Waals surface area contributed by atoms with E-state index in [1.54, 1.807) is 0 Å². The Morgan fingerprint density at radius 1 is 1.45 bits per heavy atom. The van der Waals surface area contributed by atoms with Crippen molar-refractivity contribution in [3.8, 4) is 0 Å². The Labute approximate surface area is 112 Å². The topological polar surface area (TPSA) is 146 Å². The van der Waals surface area contributed by atoms with Crippen LogP contribution in [0.2, 0.25) is 0 Å². The third-order valence-corrected chi connectivity index (χ3v) is 4.12. The van der Waals surface area contributed by atoms with Gasteiger partial charge in [-0.3, -0.25) is 13.6 Å². The van der Waals surface area contributed by atoms with E-state index in [-0.39, 0.29) is 5.82 Å². The van der Waals surface area contributed by atoms with Gasteiger partial charge in [0.2, 0.25) is 0 Å². The second-order valence-corrected chi connectivity index (χ2v) is 5.76. The van der Waals surface area contributed by atoms with E-state index >= 15 is 0 Å². The highest BCUT2D eigenvalue weighted by atomic mass is 31.2. The first-order valence-electron chi connectivity index (χ1n) is 5.72. The number of aromatic nitrogens is 2. The lowest BCUT2D eigenvalue weighted by Crippen LogP contribution is -2.34. The summed E-state index contributed by atoms with van der Waals surface area (Å²) in [5.41, 5.74) is 4.69. The maximum Gasteiger partial charge on any atom is 0.473 e. The zero-order valence-corrected chi connectivity index (χ0v) is 10.9. The molecule has 0 radical (unpaired) electrons. The lowest BCUT2D eigenvalue weighted by molar-refractivity contribution is -0.0624. The van der Waals surface area contributed by atoms with Gasteiger partial charge in [-0.1, -0.05) is 0 Å². The predicted octanol–water partition coefficient (Wildman–Crippen LogP) is -1.40. The fraction of sp³-hybridized carbons (Fsp3) is 0.556. The van der Waals surface area contributed by atoms with Crippen LogP contribution in [0.15, 0.2) is 17.1 Å². The molecule has 0 amide bonds. The molecule has 2 aliphatic rings. The molecule has 2 fully saturated rings. The van der Waals surface area contributed by atoms with E-state index in [2.05, 4.69) is 4.98 Å². The molecule has 0 spiro atoms. The molecule has 20 heavy (non-hydrogen) atoms. The van der Waals surface area contributed by atoms with Gasteiger partial charge >= 0.3 is 13.5 Å². The summed E-state index contributed by atoms with van der Waals surface area (Å²) in [6.07, 6.45) is -2.51. The van der Waals surface area contributed by atoms with Crippen LogP contribution in [0.25, 0.3) is 0 Å². The Bertz CT molecular complexity index is 634. The van der Waals surface area contributed by atoms with Gasteiger partial charge in [-0.25, -0.2) is 9.36 Å². The smallest absolute Gasteiger partial charge is 0.394 e. The summed E-state index contributed by atoms with van der Waals surface area (Å²) in [5.74, 6) is 0.0379. The summed E-state index contributed by atoms with van der Waals surface area (Å²) in [6, 6.07) is 1.38. The van der Waals surface area contributed by atoms with E-state index in [9.17, 15) is 19.4 Å². The maximum absolute atomic E-state index is 11.8. The van der Waals surface area contributed by atoms with E-state index in [0.29, 0.717) is 0 Å². The predicted molar refractivity (Wildman–Crippen MR) is 63.5 cm³/mol. The highest BCUT2D eigenvalue weighted by molar-refractivity contribution is 7.47. The summed E-state index contributed by atoms with van der Waals surface area (Å²) >= 11 is 0. The molecule has 4 N–H and O–H groups in total. The molecule has 3 heterocycles. The number of aliphatic hydroxyl groups excluding tert-OH is 1. The van der Waals surface area contributed by atoms with Crippen molar-refractivity contribution in [2.24, 2.45) is 0 Å². The second-order valence-electron chi connectivity index (χ2n) is 4.40. The lowest BCUT2D eigenvalue weighted by Gasteiger charge is -2.18. The minimum absolute atomic E-state index is 0.0379. The van der Waals surface area contributed by atoms with Crippen LogP contribution in [0, 0.1) is 0 Å². The lowest BCUT2D eigenvalue weighted by atomic mass is 10.1. The number of fused-ring (bicyclic) bond motifs is 1. The third kappa shape index (κ3) is 2.16. The van der Waals surface area contributed by atoms with Crippen LogP contribution in [0.4, 0.5) is 5.82 Å². The van der Waals surface area contributed by atoms with Crippen molar-refractivity contribution in [3.63, 3.8) is 0 Å². The molecule has 1 aromatic rings. The van der Waals surface area contributed by atoms with Crippen LogP contribution >= 0.6 is 7.82 Å². The molecule has 2 saturated heterocycles. The monoisotopic (exact) mass is 305 g/mol. The normalized spacial score (nSPS) is 39.9. The summed E-state index contributed by atoms with van der Waals surface area (Å²) in [6.45, 7) is -0.446. The zero-order valence-electron chi connectivity index (χ0n) is 10.0. The average Bonchev–Trinajstić information content (AvgIpc) is 2.83. The highest BCUT2D eigenvalue weighted by Gasteiger charge is 2.57. The summed E-state index contributed by atoms with van der Waals surface area (Å²) < 4.78 is 27.7. The van der Waals surface area contributed by atoms with Crippen molar-refractivity contribution < 1.29 is 28.3 Å². The largest absolute Gasteiger partial charge is 0.473 e. The molecule has 1 aromatic heterocycles. The molecule has 10 nitrogen and oxygen atoms in total. The molecular weight excluding hydrogens is 293 g/mol. The second kappa shape index (κ2) is 4.62. The van der Waals surface area contributed by atoms with Gasteiger partial charge in [-0.2, -0.15) is 4.98 Å². The minimum atomic E-state index is -4.21. The van der Waals surface area contributed by atoms with Gasteiger partial charge in [0.05, 0.1) is 6.61 Å². The number of aliphatic hydroxyl groups is 1. The summed E-state index contributed by atoms with van der Waals surface area (Å²) in [7, 11) is -4.21. The van der Waals surface area contributed by atoms with Gasteiger partial charge in [0, 0.05) is 6.20 Å². The van der Waals surface area contributed by atoms with Gasteiger partial charge < -0.3 is 20.5 Å². The van der Waals surface area contributed by atoms with Crippen LogP contribution in [-0.4, -0.2) is 44.5 Å². The van der Waals surface area contributed by atoms with Crippen molar-refractivity contribution >= 4 is 13.6 Å². The number of nitrogens with zero attached hydrogens (tertiary/aromatic N) is 2. The van der Waals surface area contributed by atoms with E-state index in [1.807, 2.05) is 0 Å². The molecule has 11 heteroatoms. The molecule has 2 aliphatic heterocycles. The highest BCUT2D eigenvalue weighted by Crippen LogP contribution is 2.58. The molecule has 110 valence electrons. The van der Waals surface area contributed by atoms with E-state index in [4.69, 9.17) is 19.5 Å². The summed E-state index contributed by atoms with van der Waals surface area (Å²) in [5, 5.41) is 9.21. The first kappa shape index (κ1) is 13.7. The number of hydrogen-bond acceptors (Lipinski definition) is 8. The molecule has 0 aliphatic carbocycles. The molecule has 0 aromatic carbocycles. The van der Waals surface area contributed by atoms with Crippen LogP contribution in [0.5, 0.6) is 0 Å². The van der Waals surface area contributed by atoms with Gasteiger partial charge in [0.1, 0.15) is 24.1 Å². The number of phosphoric ester groups is 1. The summed E-state index contributed by atoms with van der Waals surface area (Å²) in [4.78, 5) is 24.7. The number of ether oxygens (including phenoxy) is 1. The van der Waals surface area contributed by atoms with Crippen LogP contribution in [0.3, 0.4) is 0 Å². The van der Waals surface area contributed by atoms with Crippen LogP contribution < -0.4 is 11.4 Å². The van der Waals surface area contributed by atoms with Gasteiger partial charge in [-0.15, -0.1) is 0 Å². The number of rotatable bonds is 2. The van der Waals surface area contributed by atoms with Crippen molar-refractivity contribution in [1.29, 1.82) is 0 Å². The van der Waals surface area contributed by atoms with Crippen LogP contribution in [0.1, 0.15) is 6.23 Å². The fourth-order valence-corrected chi connectivity index (χ4v) is 3.42. The van der Waals surface area contributed by atoms with Crippen molar-refractivity contribution in [3.05, 3.63) is 22.7 Å². The number of phosphoric acid groups is 1. The first-order chi connectivity index (χ1) is 9.41. The number of anilines is 1. The molecule has 5 atom stereocenters. The van der Waals surface area contributed by atoms with Crippen molar-refractivity contribution in [1.82, 2.24) is 9.55 Å². The van der Waals surface area contributed by atoms with Crippen molar-refractivity contribution in [2.75, 3.05) is 12.3 Å². The number of nitrogen functional groups attached to an aromatic ring is 1. The molecule has 1 unspecified atom stereocenters. The molecule has 3 rings (SSSR count). The molecular formula is C9H12N3O7P. The third-order valence-electron chi connectivity index (χ3n) is 3.10. The van der Waals surface area contributed by atoms with Gasteiger partial charge in [0.25, 0.3) is 0 Å². The van der Waals surface area contributed by atoms with Gasteiger partial charge in [0.15, 0.2) is 6.23 Å². The quantitative estimate of drug-likeness (QED) is 0.561. The standard InChI is InChI=1S/C9H12N3O7P/c10-5-1-2-12(9(14)11-5)8-7-6(4(3-13)17-8)18-20(15,16)19-7/h1-2,4,6-8,13H,3H2,(H,15,16)(H2,10,11,14)/t4-,6+,7-,8-/m0/s1. The first-order valence-corrected chi connectivity index (χ1v) is 7.21. The Morgan fingerprint density at radius 2 is 2.15 bits per heavy atom. The Kier molecular flexibility index (Phi) is 3.16. The fourth-order valence-electron chi connectivity index (χ4n) is 2.27. The van der Waals surface area contributed by atoms with E-state index in [1.165, 1.54) is 12.3 Å². The Morgan fingerprint density at radius 3 is 2.80 bits per heavy atom. The average molecular weight is 305 g/mol. The Balaban J connectivity index is 1.98. The van der Waals surface area contributed by atoms with E-state index in [0.717, 1.165) is 4.57 Å². The molecule has 0 bridgehead atoms. The van der Waals surface area contributed by atoms with E-state index < -0.39 is 44.7 Å². The molecule has 0 saturated carbocycles. The maximum atomic E-state index is 11.8. The number of nitrogens with two attached hydrogens (primary N) is 1. The Hall–Kier alpha value is -1.29. The zero-order chi connectivity index (χ0) is 14.5.